The van der Waals surface area contributed by atoms with E-state index in [1.807, 2.05) is 20.8 Å². The number of nitrogens with one attached hydrogen (secondary N) is 3. The average molecular weight is 568 g/mol. The Hall–Kier alpha value is -1.51. The van der Waals surface area contributed by atoms with Crippen LogP contribution in [-0.4, -0.2) is 61.8 Å². The second kappa shape index (κ2) is 19.6. The van der Waals surface area contributed by atoms with Crippen LogP contribution in [0.5, 0.6) is 0 Å². The van der Waals surface area contributed by atoms with E-state index >= 15 is 0 Å². The van der Waals surface area contributed by atoms with Gasteiger partial charge in [-0.25, -0.2) is 0 Å². The number of carbonyl (C=O) groups excluding carboxylic acids is 3. The van der Waals surface area contributed by atoms with E-state index in [4.69, 9.17) is 9.47 Å². The molecule has 0 radical (unpaired) electrons. The standard InChI is InChI=1S/C32H61N3O5/c1-30(2,3)27(36)17-13-11-9-7-8-10-12-14-18-28(37)33-23-25-39-32(20-15-16-21-32)40-26-24-34-29(38)19-22-35-31(4,5)6/h35H,7-26H2,1-6H3,(H,33,37)(H,34,38). The smallest absolute Gasteiger partial charge is 0.221 e. The fraction of sp³-hybridized carbons (Fsp3) is 0.906. The van der Waals surface area contributed by atoms with Crippen molar-refractivity contribution in [2.24, 2.45) is 5.41 Å². The molecule has 0 aromatic rings. The van der Waals surface area contributed by atoms with E-state index in [1.165, 1.54) is 19.3 Å². The second-order valence-corrected chi connectivity index (χ2v) is 13.4. The Morgan fingerprint density at radius 1 is 0.625 bits per heavy atom. The highest BCUT2D eigenvalue weighted by Crippen LogP contribution is 2.34. The molecule has 234 valence electrons. The van der Waals surface area contributed by atoms with Crippen molar-refractivity contribution in [1.29, 1.82) is 0 Å². The van der Waals surface area contributed by atoms with Crippen LogP contribution >= 0.6 is 0 Å². The number of amides is 2. The first kappa shape index (κ1) is 36.5. The summed E-state index contributed by atoms with van der Waals surface area (Å²) in [6.45, 7) is 14.7. The Bertz CT molecular complexity index is 721. The van der Waals surface area contributed by atoms with E-state index < -0.39 is 5.79 Å². The van der Waals surface area contributed by atoms with Gasteiger partial charge in [0, 0.05) is 62.7 Å². The molecule has 0 aromatic carbocycles. The van der Waals surface area contributed by atoms with Crippen molar-refractivity contribution < 1.29 is 23.9 Å². The molecule has 0 atom stereocenters. The van der Waals surface area contributed by atoms with Crippen molar-refractivity contribution in [2.75, 3.05) is 32.8 Å². The lowest BCUT2D eigenvalue weighted by Gasteiger charge is -2.29. The summed E-state index contributed by atoms with van der Waals surface area (Å²) in [5.41, 5.74) is -0.205. The summed E-state index contributed by atoms with van der Waals surface area (Å²) in [6.07, 6.45) is 14.4. The highest BCUT2D eigenvalue weighted by Gasteiger charge is 2.35. The third-order valence-electron chi connectivity index (χ3n) is 7.35. The van der Waals surface area contributed by atoms with E-state index in [0.717, 1.165) is 57.8 Å². The van der Waals surface area contributed by atoms with Gasteiger partial charge in [-0.05, 0) is 46.5 Å². The molecule has 3 N–H and O–H groups in total. The van der Waals surface area contributed by atoms with Crippen molar-refractivity contribution in [3.63, 3.8) is 0 Å². The Morgan fingerprint density at radius 3 is 1.55 bits per heavy atom. The molecule has 0 saturated heterocycles. The van der Waals surface area contributed by atoms with Crippen LogP contribution in [0.4, 0.5) is 0 Å². The molecular formula is C32H61N3O5. The van der Waals surface area contributed by atoms with Crippen LogP contribution in [0.1, 0.15) is 138 Å². The fourth-order valence-electron chi connectivity index (χ4n) is 4.83. The molecule has 0 bridgehead atoms. The highest BCUT2D eigenvalue weighted by atomic mass is 16.7. The van der Waals surface area contributed by atoms with E-state index in [2.05, 4.69) is 36.7 Å². The highest BCUT2D eigenvalue weighted by molar-refractivity contribution is 5.83. The van der Waals surface area contributed by atoms with Gasteiger partial charge in [0.15, 0.2) is 5.79 Å². The SMILES string of the molecule is CC(C)(C)NCCC(=O)NCCOC1(OCCNC(=O)CCCCCCCCCCC(=O)C(C)(C)C)CCCC1. The van der Waals surface area contributed by atoms with E-state index in [1.54, 1.807) is 0 Å². The van der Waals surface area contributed by atoms with Gasteiger partial charge in [0.05, 0.1) is 13.2 Å². The lowest BCUT2D eigenvalue weighted by Crippen LogP contribution is -2.40. The Kier molecular flexibility index (Phi) is 17.9. The minimum atomic E-state index is -0.592. The number of carbonyl (C=O) groups is 3. The lowest BCUT2D eigenvalue weighted by molar-refractivity contribution is -0.230. The van der Waals surface area contributed by atoms with Gasteiger partial charge in [0.1, 0.15) is 5.78 Å². The van der Waals surface area contributed by atoms with Gasteiger partial charge in [-0.3, -0.25) is 14.4 Å². The maximum Gasteiger partial charge on any atom is 0.221 e. The van der Waals surface area contributed by atoms with Crippen LogP contribution in [0.25, 0.3) is 0 Å². The Labute approximate surface area is 244 Å². The number of unbranched alkanes of at least 4 members (excludes halogenated alkanes) is 7. The molecule has 1 rings (SSSR count). The summed E-state index contributed by atoms with van der Waals surface area (Å²) in [4.78, 5) is 36.1. The number of Topliss-reactive ketones (excluding diaryl/α,β-unsaturated/α-hetero) is 1. The van der Waals surface area contributed by atoms with Crippen molar-refractivity contribution >= 4 is 17.6 Å². The van der Waals surface area contributed by atoms with Crippen LogP contribution in [0.3, 0.4) is 0 Å². The monoisotopic (exact) mass is 567 g/mol. The fourth-order valence-corrected chi connectivity index (χ4v) is 4.83. The van der Waals surface area contributed by atoms with Crippen molar-refractivity contribution in [1.82, 2.24) is 16.0 Å². The summed E-state index contributed by atoms with van der Waals surface area (Å²) in [7, 11) is 0. The quantitative estimate of drug-likeness (QED) is 0.113. The molecule has 0 unspecified atom stereocenters. The van der Waals surface area contributed by atoms with Crippen LogP contribution in [0, 0.1) is 5.41 Å². The molecule has 0 aromatic heterocycles. The van der Waals surface area contributed by atoms with Gasteiger partial charge in [0.25, 0.3) is 0 Å². The summed E-state index contributed by atoms with van der Waals surface area (Å²) in [6, 6.07) is 0. The lowest BCUT2D eigenvalue weighted by atomic mass is 9.88. The topological polar surface area (TPSA) is 106 Å². The van der Waals surface area contributed by atoms with Gasteiger partial charge in [-0.2, -0.15) is 0 Å². The van der Waals surface area contributed by atoms with Crippen LogP contribution in [0.15, 0.2) is 0 Å². The van der Waals surface area contributed by atoms with Crippen LogP contribution < -0.4 is 16.0 Å². The average Bonchev–Trinajstić information content (AvgIpc) is 3.33. The molecule has 1 saturated carbocycles. The molecule has 1 fully saturated rings. The van der Waals surface area contributed by atoms with Gasteiger partial charge < -0.3 is 25.4 Å². The molecule has 1 aliphatic carbocycles. The molecule has 0 spiro atoms. The second-order valence-electron chi connectivity index (χ2n) is 13.4. The number of ketones is 1. The molecule has 40 heavy (non-hydrogen) atoms. The maximum absolute atomic E-state index is 12.2. The van der Waals surface area contributed by atoms with Crippen molar-refractivity contribution in [3.8, 4) is 0 Å². The molecule has 8 nitrogen and oxygen atoms in total. The van der Waals surface area contributed by atoms with Gasteiger partial charge in [0.2, 0.25) is 11.8 Å². The van der Waals surface area contributed by atoms with Crippen molar-refractivity contribution in [3.05, 3.63) is 0 Å². The zero-order valence-electron chi connectivity index (χ0n) is 26.7. The summed E-state index contributed by atoms with van der Waals surface area (Å²) in [5.74, 6) is -0.130. The first-order valence-electron chi connectivity index (χ1n) is 15.9. The molecule has 8 heteroatoms. The number of rotatable bonds is 22. The predicted molar refractivity (Wildman–Crippen MR) is 162 cm³/mol. The molecule has 0 heterocycles. The zero-order valence-corrected chi connectivity index (χ0v) is 26.7. The molecule has 2 amide bonds. The third kappa shape index (κ3) is 18.8. The summed E-state index contributed by atoms with van der Waals surface area (Å²) >= 11 is 0. The largest absolute Gasteiger partial charge is 0.354 e. The summed E-state index contributed by atoms with van der Waals surface area (Å²) < 4.78 is 12.2. The third-order valence-corrected chi connectivity index (χ3v) is 7.35. The van der Waals surface area contributed by atoms with Gasteiger partial charge in [-0.1, -0.05) is 59.3 Å². The normalized spacial score (nSPS) is 15.2. The Balaban J connectivity index is 2.03. The first-order chi connectivity index (χ1) is 18.8. The first-order valence-corrected chi connectivity index (χ1v) is 15.9. The van der Waals surface area contributed by atoms with E-state index in [9.17, 15) is 14.4 Å². The van der Waals surface area contributed by atoms with Gasteiger partial charge in [-0.15, -0.1) is 0 Å². The number of hydrogen-bond acceptors (Lipinski definition) is 6. The van der Waals surface area contributed by atoms with Crippen molar-refractivity contribution in [2.45, 2.75) is 149 Å². The molecular weight excluding hydrogens is 506 g/mol. The van der Waals surface area contributed by atoms with Crippen LogP contribution in [0.2, 0.25) is 0 Å². The van der Waals surface area contributed by atoms with Gasteiger partial charge >= 0.3 is 0 Å². The van der Waals surface area contributed by atoms with Crippen LogP contribution in [-0.2, 0) is 23.9 Å². The van der Waals surface area contributed by atoms with E-state index in [0.29, 0.717) is 57.9 Å². The summed E-state index contributed by atoms with van der Waals surface area (Å²) in [5, 5.41) is 9.20. The Morgan fingerprint density at radius 2 is 1.07 bits per heavy atom. The molecule has 0 aliphatic heterocycles. The number of ether oxygens (including phenoxy) is 2. The maximum atomic E-state index is 12.2. The minimum absolute atomic E-state index is 0.00590. The predicted octanol–water partition coefficient (Wildman–Crippen LogP) is 5.82. The zero-order chi connectivity index (χ0) is 29.9. The van der Waals surface area contributed by atoms with E-state index in [-0.39, 0.29) is 22.8 Å². The minimum Gasteiger partial charge on any atom is -0.354 e. The number of hydrogen-bond donors (Lipinski definition) is 3. The molecule has 1 aliphatic rings.